The number of carboxylic acid groups (broad SMARTS) is 1. The van der Waals surface area contributed by atoms with Crippen molar-refractivity contribution in [3.8, 4) is 0 Å². The molecule has 11 nitrogen and oxygen atoms in total. The average Bonchev–Trinajstić information content (AvgIpc) is 3.54. The molecule has 2 aromatic rings. The number of nitrogens with one attached hydrogen (secondary N) is 4. The van der Waals surface area contributed by atoms with Crippen molar-refractivity contribution >= 4 is 53.2 Å². The Morgan fingerprint density at radius 3 is 2.32 bits per heavy atom. The first kappa shape index (κ1) is 39.8. The van der Waals surface area contributed by atoms with Gasteiger partial charge in [0.1, 0.15) is 11.7 Å². The van der Waals surface area contributed by atoms with Gasteiger partial charge in [0.2, 0.25) is 11.8 Å². The summed E-state index contributed by atoms with van der Waals surface area (Å²) in [4.78, 5) is 68.7. The van der Waals surface area contributed by atoms with Crippen LogP contribution in [0, 0.1) is 17.8 Å². The zero-order valence-corrected chi connectivity index (χ0v) is 29.5. The predicted molar refractivity (Wildman–Crippen MR) is 185 cm³/mol. The Morgan fingerprint density at radius 1 is 1.02 bits per heavy atom. The number of nitrogens with zero attached hydrogens (tertiary/aromatic N) is 1. The minimum absolute atomic E-state index is 0. The summed E-state index contributed by atoms with van der Waals surface area (Å²) in [6.07, 6.45) is 4.06. The number of Topliss-reactive ketones (excluding diaryl/α,β-unsaturated/α-hetero) is 1. The third-order valence-electron chi connectivity index (χ3n) is 8.65. The van der Waals surface area contributed by atoms with Crippen molar-refractivity contribution in [1.29, 1.82) is 0 Å². The van der Waals surface area contributed by atoms with Crippen LogP contribution in [-0.4, -0.2) is 70.3 Å². The van der Waals surface area contributed by atoms with Gasteiger partial charge in [0, 0.05) is 23.9 Å². The molecule has 0 bridgehead atoms. The molecule has 1 aromatic heterocycles. The van der Waals surface area contributed by atoms with Gasteiger partial charge in [-0.1, -0.05) is 77.8 Å². The van der Waals surface area contributed by atoms with E-state index in [1.54, 1.807) is 6.92 Å². The van der Waals surface area contributed by atoms with E-state index in [0.717, 1.165) is 42.7 Å². The summed E-state index contributed by atoms with van der Waals surface area (Å²) in [6, 6.07) is 7.48. The highest BCUT2D eigenvalue weighted by Crippen LogP contribution is 2.19. The normalized spacial score (nSPS) is 17.7. The van der Waals surface area contributed by atoms with Gasteiger partial charge >= 0.3 is 5.97 Å². The van der Waals surface area contributed by atoms with Crippen LogP contribution in [0.15, 0.2) is 35.7 Å². The van der Waals surface area contributed by atoms with E-state index in [0.29, 0.717) is 12.8 Å². The van der Waals surface area contributed by atoms with Crippen LogP contribution in [0.1, 0.15) is 99.0 Å². The molecule has 2 heterocycles. The van der Waals surface area contributed by atoms with E-state index in [-0.39, 0.29) is 71.4 Å². The Kier molecular flexibility index (Phi) is 16.5. The van der Waals surface area contributed by atoms with Gasteiger partial charge in [0.25, 0.3) is 5.91 Å². The number of piperidine rings is 1. The molecule has 5 N–H and O–H groups in total. The van der Waals surface area contributed by atoms with Crippen molar-refractivity contribution in [1.82, 2.24) is 26.3 Å². The average molecular weight is 692 g/mol. The molecule has 13 heteroatoms. The number of aliphatic carboxylic acids is 1. The van der Waals surface area contributed by atoms with Crippen LogP contribution in [0.25, 0.3) is 0 Å². The van der Waals surface area contributed by atoms with Gasteiger partial charge in [-0.3, -0.25) is 24.0 Å². The fraction of sp³-hybridized carbons (Fsp3) is 0.588. The number of amides is 3. The fourth-order valence-corrected chi connectivity index (χ4v) is 6.18. The minimum atomic E-state index is -0.945. The highest BCUT2D eigenvalue weighted by atomic mass is 35.5. The van der Waals surface area contributed by atoms with Gasteiger partial charge in [-0.15, -0.1) is 23.7 Å². The fourth-order valence-electron chi connectivity index (χ4n) is 5.43. The highest BCUT2D eigenvalue weighted by molar-refractivity contribution is 7.11. The maximum Gasteiger partial charge on any atom is 0.306 e. The number of ketones is 1. The monoisotopic (exact) mass is 691 g/mol. The SMILES string of the molecule is CC[C@H](C)[C@H](NC(=O)[C@@H]1CCCCN1)C(=O)N[C@H](CC(=O)c1nc(C(=O)N[C@@H](Cc2ccccc2)C[C@H](C)C(=O)O)cs1)C(C)C.Cl. The molecule has 0 saturated carbocycles. The summed E-state index contributed by atoms with van der Waals surface area (Å²) in [7, 11) is 0. The molecule has 1 fully saturated rings. The number of hydrogen-bond acceptors (Lipinski definition) is 8. The molecule has 0 aliphatic carbocycles. The van der Waals surface area contributed by atoms with Gasteiger partial charge in [0.05, 0.1) is 12.0 Å². The lowest BCUT2D eigenvalue weighted by Crippen LogP contribution is -2.57. The predicted octanol–water partition coefficient (Wildman–Crippen LogP) is 4.40. The van der Waals surface area contributed by atoms with E-state index in [2.05, 4.69) is 26.3 Å². The second kappa shape index (κ2) is 19.5. The van der Waals surface area contributed by atoms with Crippen LogP contribution in [-0.2, 0) is 20.8 Å². The summed E-state index contributed by atoms with van der Waals surface area (Å²) in [5, 5.41) is 23.2. The number of aromatic nitrogens is 1. The highest BCUT2D eigenvalue weighted by Gasteiger charge is 2.32. The van der Waals surface area contributed by atoms with E-state index in [9.17, 15) is 29.1 Å². The van der Waals surface area contributed by atoms with Crippen LogP contribution < -0.4 is 21.3 Å². The lowest BCUT2D eigenvalue weighted by atomic mass is 9.94. The quantitative estimate of drug-likeness (QED) is 0.152. The molecule has 6 atom stereocenters. The van der Waals surface area contributed by atoms with E-state index in [1.165, 1.54) is 5.38 Å². The zero-order chi connectivity index (χ0) is 33.8. The van der Waals surface area contributed by atoms with Crippen molar-refractivity contribution in [3.05, 3.63) is 52.0 Å². The number of rotatable bonds is 17. The maximum atomic E-state index is 13.5. The van der Waals surface area contributed by atoms with E-state index in [1.807, 2.05) is 58.0 Å². The lowest BCUT2D eigenvalue weighted by molar-refractivity contribution is -0.141. The van der Waals surface area contributed by atoms with Gasteiger partial charge in [0.15, 0.2) is 10.8 Å². The van der Waals surface area contributed by atoms with Crippen LogP contribution in [0.4, 0.5) is 0 Å². The molecule has 1 aliphatic rings. The smallest absolute Gasteiger partial charge is 0.306 e. The third kappa shape index (κ3) is 12.3. The molecule has 260 valence electrons. The van der Waals surface area contributed by atoms with Crippen molar-refractivity contribution in [2.75, 3.05) is 6.54 Å². The van der Waals surface area contributed by atoms with Gasteiger partial charge in [-0.25, -0.2) is 4.98 Å². The van der Waals surface area contributed by atoms with Crippen molar-refractivity contribution in [2.45, 2.75) is 104 Å². The summed E-state index contributed by atoms with van der Waals surface area (Å²) < 4.78 is 0. The van der Waals surface area contributed by atoms with Gasteiger partial charge in [-0.05, 0) is 49.6 Å². The number of thiazole rings is 1. The number of halogens is 1. The number of carbonyl (C=O) groups is 5. The zero-order valence-electron chi connectivity index (χ0n) is 27.9. The van der Waals surface area contributed by atoms with E-state index < -0.39 is 35.9 Å². The van der Waals surface area contributed by atoms with Crippen LogP contribution in [0.2, 0.25) is 0 Å². The van der Waals surface area contributed by atoms with Crippen LogP contribution in [0.3, 0.4) is 0 Å². The second-order valence-electron chi connectivity index (χ2n) is 12.7. The second-order valence-corrected chi connectivity index (χ2v) is 13.6. The molecule has 0 unspecified atom stereocenters. The van der Waals surface area contributed by atoms with Crippen molar-refractivity contribution in [3.63, 3.8) is 0 Å². The van der Waals surface area contributed by atoms with Crippen molar-refractivity contribution in [2.24, 2.45) is 17.8 Å². The first-order chi connectivity index (χ1) is 21.9. The van der Waals surface area contributed by atoms with E-state index >= 15 is 0 Å². The number of carboxylic acids is 1. The van der Waals surface area contributed by atoms with Crippen LogP contribution >= 0.6 is 23.7 Å². The topological polar surface area (TPSA) is 167 Å². The first-order valence-electron chi connectivity index (χ1n) is 16.3. The van der Waals surface area contributed by atoms with Crippen LogP contribution in [0.5, 0.6) is 0 Å². The van der Waals surface area contributed by atoms with E-state index in [4.69, 9.17) is 0 Å². The molecular weight excluding hydrogens is 642 g/mol. The number of hydrogen-bond donors (Lipinski definition) is 5. The maximum absolute atomic E-state index is 13.5. The minimum Gasteiger partial charge on any atom is -0.481 e. The molecule has 0 spiro atoms. The summed E-state index contributed by atoms with van der Waals surface area (Å²) >= 11 is 1.06. The molecule has 1 aliphatic heterocycles. The number of carbonyl (C=O) groups excluding carboxylic acids is 4. The standard InChI is InChI=1S/C34H49N5O6S.ClH/c1-6-21(4)29(39-30(41)25-14-10-11-15-35-25)32(43)37-26(20(2)3)18-28(40)33-38-27(19-46-33)31(42)36-24(16-22(5)34(44)45)17-23-12-8-7-9-13-23;/h7-9,12-13,19-22,24-26,29,35H,6,10-11,14-18H2,1-5H3,(H,36,42)(H,37,43)(H,39,41)(H,44,45);1H/t21-,22-,24+,25-,26+,29-;/m0./s1. The Bertz CT molecular complexity index is 1330. The summed E-state index contributed by atoms with van der Waals surface area (Å²) in [5.41, 5.74) is 1.04. The van der Waals surface area contributed by atoms with Crippen molar-refractivity contribution < 1.29 is 29.1 Å². The Hall–Kier alpha value is -3.35. The molecule has 1 saturated heterocycles. The van der Waals surface area contributed by atoms with Gasteiger partial charge in [-0.2, -0.15) is 0 Å². The van der Waals surface area contributed by atoms with Gasteiger partial charge < -0.3 is 26.4 Å². The molecule has 3 amide bonds. The molecule has 3 rings (SSSR count). The molecular formula is C34H50ClN5O6S. The molecule has 47 heavy (non-hydrogen) atoms. The summed E-state index contributed by atoms with van der Waals surface area (Å²) in [6.45, 7) is 10.1. The number of benzene rings is 1. The first-order valence-corrected chi connectivity index (χ1v) is 17.2. The Balaban J connectivity index is 0.00000768. The molecule has 1 aromatic carbocycles. The third-order valence-corrected chi connectivity index (χ3v) is 9.54. The Morgan fingerprint density at radius 2 is 1.72 bits per heavy atom. The molecule has 0 radical (unpaired) electrons. The largest absolute Gasteiger partial charge is 0.481 e. The lowest BCUT2D eigenvalue weighted by Gasteiger charge is -2.30. The summed E-state index contributed by atoms with van der Waals surface area (Å²) in [5.74, 6) is -3.11. The Labute approximate surface area is 287 Å².